The number of amides is 2. The lowest BCUT2D eigenvalue weighted by atomic mass is 10.1. The van der Waals surface area contributed by atoms with Crippen LogP contribution in [0.4, 0.5) is 15.8 Å². The Bertz CT molecular complexity index is 1220. The van der Waals surface area contributed by atoms with Gasteiger partial charge in [-0.2, -0.15) is 0 Å². The summed E-state index contributed by atoms with van der Waals surface area (Å²) in [6.45, 7) is 6.19. The molecule has 3 aromatic rings. The van der Waals surface area contributed by atoms with Crippen LogP contribution >= 0.6 is 0 Å². The average Bonchev–Trinajstić information content (AvgIpc) is 2.93. The maximum Gasteiger partial charge on any atom is 0.224 e. The van der Waals surface area contributed by atoms with Gasteiger partial charge in [-0.3, -0.25) is 19.5 Å². The van der Waals surface area contributed by atoms with Gasteiger partial charge in [-0.1, -0.05) is 24.3 Å². The van der Waals surface area contributed by atoms with Gasteiger partial charge in [0.05, 0.1) is 5.69 Å². The van der Waals surface area contributed by atoms with E-state index in [1.807, 2.05) is 70.4 Å². The molecule has 0 saturated heterocycles. The summed E-state index contributed by atoms with van der Waals surface area (Å²) in [4.78, 5) is 38.8. The molecule has 0 radical (unpaired) electrons. The first-order valence-electron chi connectivity index (χ1n) is 13.6. The van der Waals surface area contributed by atoms with Gasteiger partial charge in [0, 0.05) is 83.8 Å². The fourth-order valence-electron chi connectivity index (χ4n) is 5.03. The van der Waals surface area contributed by atoms with Crippen molar-refractivity contribution < 1.29 is 14.0 Å². The fourth-order valence-corrected chi connectivity index (χ4v) is 5.03. The third kappa shape index (κ3) is 8.10. The summed E-state index contributed by atoms with van der Waals surface area (Å²) in [5.41, 5.74) is 3.71. The van der Waals surface area contributed by atoms with Crippen molar-refractivity contribution in [3.8, 4) is 0 Å². The first-order chi connectivity index (χ1) is 18.9. The van der Waals surface area contributed by atoms with Crippen molar-refractivity contribution in [1.29, 1.82) is 0 Å². The fraction of sp³-hybridized carbons (Fsp3) is 0.387. The Labute approximate surface area is 230 Å². The van der Waals surface area contributed by atoms with Crippen molar-refractivity contribution in [1.82, 2.24) is 14.8 Å². The zero-order valence-electron chi connectivity index (χ0n) is 22.9. The summed E-state index contributed by atoms with van der Waals surface area (Å²) in [5, 5.41) is 0. The Morgan fingerprint density at radius 3 is 2.36 bits per heavy atom. The number of carbonyl (C=O) groups is 2. The molecule has 2 heterocycles. The van der Waals surface area contributed by atoms with E-state index in [1.165, 1.54) is 12.1 Å². The van der Waals surface area contributed by atoms with Gasteiger partial charge in [0.2, 0.25) is 11.8 Å². The van der Waals surface area contributed by atoms with Crippen molar-refractivity contribution in [3.05, 3.63) is 90.0 Å². The van der Waals surface area contributed by atoms with E-state index in [4.69, 9.17) is 0 Å². The number of anilines is 2. The van der Waals surface area contributed by atoms with E-state index in [2.05, 4.69) is 9.88 Å². The van der Waals surface area contributed by atoms with Gasteiger partial charge in [-0.25, -0.2) is 4.39 Å². The van der Waals surface area contributed by atoms with Gasteiger partial charge in [0.25, 0.3) is 0 Å². The number of pyridine rings is 1. The molecule has 0 unspecified atom stereocenters. The number of rotatable bonds is 6. The molecule has 0 aliphatic carbocycles. The highest BCUT2D eigenvalue weighted by atomic mass is 19.1. The van der Waals surface area contributed by atoms with Crippen LogP contribution in [0.15, 0.2) is 72.9 Å². The van der Waals surface area contributed by atoms with Gasteiger partial charge in [0.15, 0.2) is 0 Å². The molecule has 7 nitrogen and oxygen atoms in total. The number of aromatic nitrogens is 1. The third-order valence-electron chi connectivity index (χ3n) is 7.18. The van der Waals surface area contributed by atoms with Crippen LogP contribution in [0, 0.1) is 5.82 Å². The highest BCUT2D eigenvalue weighted by Crippen LogP contribution is 2.24. The number of hydrogen-bond acceptors (Lipinski definition) is 5. The van der Waals surface area contributed by atoms with E-state index in [0.29, 0.717) is 32.6 Å². The topological polar surface area (TPSA) is 60.0 Å². The van der Waals surface area contributed by atoms with Crippen LogP contribution in [0.3, 0.4) is 0 Å². The monoisotopic (exact) mass is 531 g/mol. The highest BCUT2D eigenvalue weighted by molar-refractivity contribution is 5.92. The Morgan fingerprint density at radius 1 is 0.923 bits per heavy atom. The maximum absolute atomic E-state index is 13.5. The van der Waals surface area contributed by atoms with Gasteiger partial charge in [-0.15, -0.1) is 0 Å². The minimum Gasteiger partial charge on any atom is -0.374 e. The summed E-state index contributed by atoms with van der Waals surface area (Å²) >= 11 is 0. The number of benzene rings is 2. The number of para-hydroxylation sites is 1. The van der Waals surface area contributed by atoms with Gasteiger partial charge < -0.3 is 14.7 Å². The molecule has 4 rings (SSSR count). The molecule has 206 valence electrons. The standard InChI is InChI=1S/C31H38FN5O2/c1-25(38)37-21-8-19-35(24-28-10-5-6-17-33-28)18-7-20-36(23-26-9-3-4-11-30(26)37)31(39)16-22-34(2)29-14-12-27(32)13-15-29/h3-6,9-15,17H,7-8,16,18-24H2,1-2H3. The minimum atomic E-state index is -0.280. The predicted octanol–water partition coefficient (Wildman–Crippen LogP) is 4.72. The zero-order valence-corrected chi connectivity index (χ0v) is 22.9. The normalized spacial score (nSPS) is 15.2. The Hall–Kier alpha value is -3.78. The Morgan fingerprint density at radius 2 is 1.64 bits per heavy atom. The van der Waals surface area contributed by atoms with Gasteiger partial charge in [-0.05, 0) is 60.9 Å². The first-order valence-corrected chi connectivity index (χ1v) is 13.6. The van der Waals surface area contributed by atoms with Crippen LogP contribution in [-0.4, -0.2) is 66.4 Å². The number of carbonyl (C=O) groups excluding carboxylic acids is 2. The van der Waals surface area contributed by atoms with Crippen molar-refractivity contribution >= 4 is 23.2 Å². The SMILES string of the molecule is CC(=O)N1CCCN(Cc2ccccn2)CCCN(C(=O)CCN(C)c2ccc(F)cc2)Cc2ccccc21. The van der Waals surface area contributed by atoms with Gasteiger partial charge >= 0.3 is 0 Å². The zero-order chi connectivity index (χ0) is 27.6. The van der Waals surface area contributed by atoms with E-state index in [9.17, 15) is 14.0 Å². The number of fused-ring (bicyclic) bond motifs is 1. The molecule has 1 aliphatic rings. The summed E-state index contributed by atoms with van der Waals surface area (Å²) in [5.74, 6) is -0.228. The molecule has 0 fully saturated rings. The van der Waals surface area contributed by atoms with Crippen LogP contribution in [0.5, 0.6) is 0 Å². The van der Waals surface area contributed by atoms with Crippen molar-refractivity contribution in [2.75, 3.05) is 49.6 Å². The third-order valence-corrected chi connectivity index (χ3v) is 7.18. The summed E-state index contributed by atoms with van der Waals surface area (Å²) < 4.78 is 13.3. The van der Waals surface area contributed by atoms with Crippen LogP contribution in [0.25, 0.3) is 0 Å². The van der Waals surface area contributed by atoms with Crippen molar-refractivity contribution in [2.45, 2.75) is 39.3 Å². The largest absolute Gasteiger partial charge is 0.374 e. The molecule has 2 amide bonds. The van der Waals surface area contributed by atoms with E-state index in [0.717, 1.165) is 55.1 Å². The number of hydrogen-bond donors (Lipinski definition) is 0. The maximum atomic E-state index is 13.5. The van der Waals surface area contributed by atoms with E-state index in [1.54, 1.807) is 19.1 Å². The molecule has 0 spiro atoms. The molecular formula is C31H38FN5O2. The van der Waals surface area contributed by atoms with Crippen LogP contribution < -0.4 is 9.80 Å². The quantitative estimate of drug-likeness (QED) is 0.461. The van der Waals surface area contributed by atoms with E-state index in [-0.39, 0.29) is 17.6 Å². The smallest absolute Gasteiger partial charge is 0.224 e. The molecule has 1 aliphatic heterocycles. The molecule has 0 N–H and O–H groups in total. The Balaban J connectivity index is 1.52. The molecular weight excluding hydrogens is 493 g/mol. The summed E-state index contributed by atoms with van der Waals surface area (Å²) in [6, 6.07) is 20.1. The minimum absolute atomic E-state index is 0.00501. The lowest BCUT2D eigenvalue weighted by Gasteiger charge is -2.31. The van der Waals surface area contributed by atoms with Crippen LogP contribution in [0.1, 0.15) is 37.4 Å². The van der Waals surface area contributed by atoms with Crippen LogP contribution in [0.2, 0.25) is 0 Å². The predicted molar refractivity (Wildman–Crippen MR) is 153 cm³/mol. The van der Waals surface area contributed by atoms with Gasteiger partial charge in [0.1, 0.15) is 5.82 Å². The molecule has 0 atom stereocenters. The molecule has 0 saturated carbocycles. The highest BCUT2D eigenvalue weighted by Gasteiger charge is 2.22. The molecule has 2 aromatic carbocycles. The Kier molecular flexibility index (Phi) is 10.0. The first kappa shape index (κ1) is 28.2. The molecule has 39 heavy (non-hydrogen) atoms. The van der Waals surface area contributed by atoms with Crippen molar-refractivity contribution in [3.63, 3.8) is 0 Å². The second kappa shape index (κ2) is 13.8. The average molecular weight is 532 g/mol. The lowest BCUT2D eigenvalue weighted by molar-refractivity contribution is -0.131. The van der Waals surface area contributed by atoms with Crippen LogP contribution in [-0.2, 0) is 22.7 Å². The lowest BCUT2D eigenvalue weighted by Crippen LogP contribution is -2.39. The van der Waals surface area contributed by atoms with Crippen molar-refractivity contribution in [2.24, 2.45) is 0 Å². The second-order valence-electron chi connectivity index (χ2n) is 10.1. The summed E-state index contributed by atoms with van der Waals surface area (Å²) in [6.07, 6.45) is 3.83. The molecule has 1 aromatic heterocycles. The summed E-state index contributed by atoms with van der Waals surface area (Å²) in [7, 11) is 1.91. The number of nitrogens with zero attached hydrogens (tertiary/aromatic N) is 5. The second-order valence-corrected chi connectivity index (χ2v) is 10.1. The van der Waals surface area contributed by atoms with E-state index < -0.39 is 0 Å². The molecule has 8 heteroatoms. The molecule has 0 bridgehead atoms. The number of halogens is 1. The van der Waals surface area contributed by atoms with E-state index >= 15 is 0 Å².